The van der Waals surface area contributed by atoms with E-state index >= 15 is 0 Å². The van der Waals surface area contributed by atoms with Gasteiger partial charge in [0, 0.05) is 23.3 Å². The highest BCUT2D eigenvalue weighted by Crippen LogP contribution is 2.69. The molecule has 5 nitrogen and oxygen atoms in total. The Bertz CT molecular complexity index is 1240. The maximum atomic E-state index is 13.5. The number of nitriles is 1. The molecule has 40 heavy (non-hydrogen) atoms. The highest BCUT2D eigenvalue weighted by atomic mass is 16.5. The van der Waals surface area contributed by atoms with Crippen molar-refractivity contribution in [2.24, 2.45) is 44.3 Å². The Morgan fingerprint density at radius 2 is 1.75 bits per heavy atom. The van der Waals surface area contributed by atoms with Crippen LogP contribution in [0.5, 0.6) is 0 Å². The van der Waals surface area contributed by atoms with E-state index in [0.29, 0.717) is 12.3 Å². The second-order valence-corrected chi connectivity index (χ2v) is 15.5. The lowest BCUT2D eigenvalue weighted by molar-refractivity contribution is -0.135. The Labute approximate surface area is 241 Å². The average molecular weight is 548 g/mol. The lowest BCUT2D eigenvalue weighted by Gasteiger charge is -2.63. The lowest BCUT2D eigenvalue weighted by atomic mass is 9.40. The summed E-state index contributed by atoms with van der Waals surface area (Å²) in [5.41, 5.74) is -0.283. The number of esters is 1. The normalized spacial score (nSPS) is 40.4. The van der Waals surface area contributed by atoms with Gasteiger partial charge < -0.3 is 4.74 Å². The molecule has 218 valence electrons. The summed E-state index contributed by atoms with van der Waals surface area (Å²) in [7, 11) is 1.42. The number of carbonyl (C=O) groups is 3. The van der Waals surface area contributed by atoms with Gasteiger partial charge in [-0.15, -0.1) is 0 Å². The van der Waals surface area contributed by atoms with Gasteiger partial charge in [-0.05, 0) is 84.5 Å². The zero-order valence-corrected chi connectivity index (χ0v) is 26.2. The van der Waals surface area contributed by atoms with Gasteiger partial charge in [0.15, 0.2) is 11.6 Å². The van der Waals surface area contributed by atoms with Gasteiger partial charge in [0.05, 0.1) is 12.7 Å². The van der Waals surface area contributed by atoms with Crippen LogP contribution in [0.15, 0.2) is 35.5 Å². The van der Waals surface area contributed by atoms with Crippen LogP contribution in [0.1, 0.15) is 107 Å². The molecule has 2 saturated carbocycles. The second-order valence-electron chi connectivity index (χ2n) is 15.5. The number of methoxy groups -OCH3 is 1. The molecular formula is C35H49NO4. The largest absolute Gasteiger partial charge is 0.466 e. The number of ketones is 2. The Morgan fingerprint density at radius 3 is 2.35 bits per heavy atom. The molecule has 0 saturated heterocycles. The molecule has 4 aliphatic rings. The highest BCUT2D eigenvalue weighted by molar-refractivity contribution is 6.04. The number of rotatable bonds is 5. The predicted molar refractivity (Wildman–Crippen MR) is 157 cm³/mol. The van der Waals surface area contributed by atoms with Crippen molar-refractivity contribution in [3.8, 4) is 6.07 Å². The summed E-state index contributed by atoms with van der Waals surface area (Å²) in [6.07, 6.45) is 14.7. The fraction of sp³-hybridized carbons (Fsp3) is 0.714. The summed E-state index contributed by atoms with van der Waals surface area (Å²) >= 11 is 0. The van der Waals surface area contributed by atoms with Crippen LogP contribution in [0.4, 0.5) is 0 Å². The number of Topliss-reactive ketones (excluding diaryl/α,β-unsaturated/α-hetero) is 1. The van der Waals surface area contributed by atoms with Crippen molar-refractivity contribution in [3.63, 3.8) is 0 Å². The summed E-state index contributed by atoms with van der Waals surface area (Å²) in [6, 6.07) is 2.17. The maximum Gasteiger partial charge on any atom is 0.330 e. The van der Waals surface area contributed by atoms with E-state index < -0.39 is 10.8 Å². The molecule has 5 heteroatoms. The van der Waals surface area contributed by atoms with Crippen molar-refractivity contribution in [3.05, 3.63) is 35.5 Å². The molecular weight excluding hydrogens is 498 g/mol. The van der Waals surface area contributed by atoms with E-state index in [-0.39, 0.29) is 50.7 Å². The van der Waals surface area contributed by atoms with Gasteiger partial charge >= 0.3 is 5.97 Å². The van der Waals surface area contributed by atoms with Gasteiger partial charge in [0.25, 0.3) is 0 Å². The Morgan fingerprint density at radius 1 is 1.07 bits per heavy atom. The zero-order valence-electron chi connectivity index (χ0n) is 26.2. The van der Waals surface area contributed by atoms with Crippen molar-refractivity contribution in [2.75, 3.05) is 7.11 Å². The van der Waals surface area contributed by atoms with Crippen molar-refractivity contribution in [2.45, 2.75) is 107 Å². The summed E-state index contributed by atoms with van der Waals surface area (Å²) in [4.78, 5) is 38.9. The first kappa shape index (κ1) is 30.5. The molecule has 4 rings (SSSR count). The fourth-order valence-corrected chi connectivity index (χ4v) is 9.45. The van der Waals surface area contributed by atoms with Crippen LogP contribution >= 0.6 is 0 Å². The van der Waals surface area contributed by atoms with Crippen molar-refractivity contribution >= 4 is 17.5 Å². The summed E-state index contributed by atoms with van der Waals surface area (Å²) in [5, 5.41) is 9.87. The van der Waals surface area contributed by atoms with Gasteiger partial charge in [-0.1, -0.05) is 73.1 Å². The van der Waals surface area contributed by atoms with Gasteiger partial charge in [-0.2, -0.15) is 5.26 Å². The summed E-state index contributed by atoms with van der Waals surface area (Å²) < 4.78 is 4.95. The van der Waals surface area contributed by atoms with Crippen molar-refractivity contribution < 1.29 is 19.1 Å². The van der Waals surface area contributed by atoms with Gasteiger partial charge in [0.2, 0.25) is 0 Å². The predicted octanol–water partition coefficient (Wildman–Crippen LogP) is 7.72. The van der Waals surface area contributed by atoms with Crippen LogP contribution in [0, 0.1) is 55.7 Å². The minimum Gasteiger partial charge on any atom is -0.466 e. The fourth-order valence-electron chi connectivity index (χ4n) is 9.45. The molecule has 0 bridgehead atoms. The van der Waals surface area contributed by atoms with Gasteiger partial charge in [0.1, 0.15) is 6.07 Å². The number of allylic oxidation sites excluding steroid dienone is 5. The number of ether oxygens (including phenoxy) is 1. The van der Waals surface area contributed by atoms with Gasteiger partial charge in [-0.25, -0.2) is 4.79 Å². The monoisotopic (exact) mass is 547 g/mol. The molecule has 6 atom stereocenters. The molecule has 0 aromatic carbocycles. The first-order chi connectivity index (χ1) is 18.4. The topological polar surface area (TPSA) is 84.2 Å². The molecule has 0 aliphatic heterocycles. The molecule has 2 fully saturated rings. The standard InChI is InChI=1S/C35H49NO4/c1-23-19-30(2,3)14-16-35(23,13-11-28(38)40-9)17-15-32(6)21-25(37)18-27-33(7)20-24(22-36)29(39)31(4,5)26(33)10-12-34(27,32)8/h11,13,18,20,23,26H,10,12,14-17,19,21H2,1-9H3/b13-11+/t23?,26-,32+,33-,34+,35+/m0/s1. The molecule has 4 aliphatic carbocycles. The van der Waals surface area contributed by atoms with Crippen LogP contribution in [-0.4, -0.2) is 24.6 Å². The lowest BCUT2D eigenvalue weighted by Crippen LogP contribution is -2.57. The number of carbonyl (C=O) groups excluding carboxylic acids is 3. The molecule has 0 aromatic rings. The Hall–Kier alpha value is -2.48. The SMILES string of the molecule is COC(=O)/C=C/[C@]1(CC[C@]2(C)CC(=O)C=C3[C@@]4(C)C=C(C#N)C(=O)C(C)(C)[C@@H]4CC[C@]32C)CCC(C)(C)CC1C. The molecule has 0 N–H and O–H groups in total. The molecule has 0 amide bonds. The van der Waals surface area contributed by atoms with Crippen molar-refractivity contribution in [1.82, 2.24) is 0 Å². The summed E-state index contributed by atoms with van der Waals surface area (Å²) in [5.74, 6) is 0.153. The first-order valence-corrected chi connectivity index (χ1v) is 15.1. The molecule has 0 heterocycles. The van der Waals surface area contributed by atoms with E-state index in [4.69, 9.17) is 4.74 Å². The smallest absolute Gasteiger partial charge is 0.330 e. The average Bonchev–Trinajstić information content (AvgIpc) is 2.86. The van der Waals surface area contributed by atoms with E-state index in [1.165, 1.54) is 7.11 Å². The summed E-state index contributed by atoms with van der Waals surface area (Å²) in [6.45, 7) is 17.7. The number of fused-ring (bicyclic) bond motifs is 3. The van der Waals surface area contributed by atoms with Gasteiger partial charge in [-0.3, -0.25) is 9.59 Å². The molecule has 0 spiro atoms. The van der Waals surface area contributed by atoms with Crippen LogP contribution in [0.2, 0.25) is 0 Å². The molecule has 0 radical (unpaired) electrons. The second kappa shape index (κ2) is 9.81. The number of nitrogens with zero attached hydrogens (tertiary/aromatic N) is 1. The zero-order chi connectivity index (χ0) is 29.9. The number of hydrogen-bond donors (Lipinski definition) is 0. The molecule has 1 unspecified atom stereocenters. The Kier molecular flexibility index (Phi) is 7.48. The van der Waals surface area contributed by atoms with Crippen LogP contribution in [0.25, 0.3) is 0 Å². The third-order valence-electron chi connectivity index (χ3n) is 12.3. The quantitative estimate of drug-likeness (QED) is 0.260. The third kappa shape index (κ3) is 4.64. The van der Waals surface area contributed by atoms with Crippen LogP contribution in [-0.2, 0) is 19.1 Å². The Balaban J connectivity index is 1.74. The highest BCUT2D eigenvalue weighted by Gasteiger charge is 2.63. The minimum atomic E-state index is -0.666. The molecule has 0 aromatic heterocycles. The number of hydrogen-bond acceptors (Lipinski definition) is 5. The van der Waals surface area contributed by atoms with Crippen LogP contribution in [0.3, 0.4) is 0 Å². The minimum absolute atomic E-state index is 0.0361. The van der Waals surface area contributed by atoms with E-state index in [0.717, 1.165) is 50.5 Å². The van der Waals surface area contributed by atoms with Crippen LogP contribution < -0.4 is 0 Å². The van der Waals surface area contributed by atoms with E-state index in [9.17, 15) is 19.6 Å². The third-order valence-corrected chi connectivity index (χ3v) is 12.3. The van der Waals surface area contributed by atoms with E-state index in [1.807, 2.05) is 26.0 Å². The first-order valence-electron chi connectivity index (χ1n) is 15.1. The van der Waals surface area contributed by atoms with E-state index in [1.54, 1.807) is 6.08 Å². The van der Waals surface area contributed by atoms with E-state index in [2.05, 4.69) is 53.7 Å². The maximum absolute atomic E-state index is 13.5. The van der Waals surface area contributed by atoms with Crippen molar-refractivity contribution in [1.29, 1.82) is 5.26 Å².